The summed E-state index contributed by atoms with van der Waals surface area (Å²) in [5, 5.41) is 15.6. The van der Waals surface area contributed by atoms with E-state index in [0.717, 1.165) is 0 Å². The third-order valence-corrected chi connectivity index (χ3v) is 4.07. The SMILES string of the molecule is CNC(=O)c1ccc(OC)c(NC(=O)c2cnn(-c3ccc(=O)[nH]n3)c2C)c1. The first kappa shape index (κ1) is 18.8. The number of rotatable bonds is 5. The zero-order valence-corrected chi connectivity index (χ0v) is 15.4. The molecule has 10 heteroatoms. The largest absolute Gasteiger partial charge is 0.495 e. The van der Waals surface area contributed by atoms with Gasteiger partial charge in [-0.1, -0.05) is 0 Å². The highest BCUT2D eigenvalue weighted by Gasteiger charge is 2.18. The van der Waals surface area contributed by atoms with Crippen LogP contribution in [0.2, 0.25) is 0 Å². The van der Waals surface area contributed by atoms with Gasteiger partial charge in [0.15, 0.2) is 5.82 Å². The Hall–Kier alpha value is -3.95. The van der Waals surface area contributed by atoms with Gasteiger partial charge < -0.3 is 15.4 Å². The minimum atomic E-state index is -0.430. The van der Waals surface area contributed by atoms with Crippen LogP contribution in [-0.4, -0.2) is 45.9 Å². The fourth-order valence-corrected chi connectivity index (χ4v) is 2.60. The lowest BCUT2D eigenvalue weighted by Crippen LogP contribution is -2.19. The maximum Gasteiger partial charge on any atom is 0.264 e. The van der Waals surface area contributed by atoms with Crippen LogP contribution in [0.15, 0.2) is 41.3 Å². The zero-order valence-electron chi connectivity index (χ0n) is 15.4. The van der Waals surface area contributed by atoms with Crippen LogP contribution >= 0.6 is 0 Å². The number of carbonyl (C=O) groups excluding carboxylic acids is 2. The van der Waals surface area contributed by atoms with Gasteiger partial charge in [-0.25, -0.2) is 9.78 Å². The quantitative estimate of drug-likeness (QED) is 0.600. The van der Waals surface area contributed by atoms with Gasteiger partial charge in [-0.15, -0.1) is 0 Å². The fraction of sp³-hybridized carbons (Fsp3) is 0.167. The second kappa shape index (κ2) is 7.74. The molecular weight excluding hydrogens is 364 g/mol. The minimum absolute atomic E-state index is 0.286. The molecule has 0 aliphatic rings. The normalized spacial score (nSPS) is 10.4. The van der Waals surface area contributed by atoms with Crippen LogP contribution in [0.3, 0.4) is 0 Å². The van der Waals surface area contributed by atoms with E-state index in [1.54, 1.807) is 19.1 Å². The van der Waals surface area contributed by atoms with Crippen LogP contribution in [0.4, 0.5) is 5.69 Å². The molecule has 0 saturated heterocycles. The van der Waals surface area contributed by atoms with E-state index in [0.29, 0.717) is 34.1 Å². The smallest absolute Gasteiger partial charge is 0.264 e. The molecule has 0 saturated carbocycles. The average molecular weight is 382 g/mol. The van der Waals surface area contributed by atoms with Crippen LogP contribution in [0.25, 0.3) is 5.82 Å². The van der Waals surface area contributed by atoms with E-state index < -0.39 is 5.91 Å². The van der Waals surface area contributed by atoms with Crippen molar-refractivity contribution in [2.45, 2.75) is 6.92 Å². The number of nitrogens with one attached hydrogen (secondary N) is 3. The monoisotopic (exact) mass is 382 g/mol. The number of amides is 2. The van der Waals surface area contributed by atoms with E-state index in [4.69, 9.17) is 4.74 Å². The molecule has 0 aliphatic carbocycles. The number of aromatic nitrogens is 4. The predicted molar refractivity (Wildman–Crippen MR) is 101 cm³/mol. The minimum Gasteiger partial charge on any atom is -0.495 e. The molecule has 0 fully saturated rings. The zero-order chi connectivity index (χ0) is 20.3. The first-order valence-corrected chi connectivity index (χ1v) is 8.26. The van der Waals surface area contributed by atoms with E-state index in [1.807, 2.05) is 0 Å². The Balaban J connectivity index is 1.91. The Morgan fingerprint density at radius 3 is 2.61 bits per heavy atom. The number of aromatic amines is 1. The molecule has 2 heterocycles. The highest BCUT2D eigenvalue weighted by atomic mass is 16.5. The second-order valence-corrected chi connectivity index (χ2v) is 5.78. The molecule has 0 aliphatic heterocycles. The average Bonchev–Trinajstić information content (AvgIpc) is 3.09. The van der Waals surface area contributed by atoms with E-state index in [9.17, 15) is 14.4 Å². The number of H-pyrrole nitrogens is 1. The van der Waals surface area contributed by atoms with Gasteiger partial charge in [0.1, 0.15) is 5.75 Å². The summed E-state index contributed by atoms with van der Waals surface area (Å²) >= 11 is 0. The number of carbonyl (C=O) groups is 2. The van der Waals surface area contributed by atoms with Crippen molar-refractivity contribution >= 4 is 17.5 Å². The molecular formula is C18H18N6O4. The lowest BCUT2D eigenvalue weighted by atomic mass is 10.1. The molecule has 1 aromatic carbocycles. The van der Waals surface area contributed by atoms with Crippen molar-refractivity contribution < 1.29 is 14.3 Å². The maximum absolute atomic E-state index is 12.8. The van der Waals surface area contributed by atoms with E-state index >= 15 is 0 Å². The van der Waals surface area contributed by atoms with Crippen LogP contribution < -0.4 is 20.9 Å². The lowest BCUT2D eigenvalue weighted by molar-refractivity contribution is 0.0961. The predicted octanol–water partition coefficient (Wildman–Crippen LogP) is 0.885. The highest BCUT2D eigenvalue weighted by Crippen LogP contribution is 2.26. The standard InChI is InChI=1S/C18H18N6O4/c1-10-12(9-20-24(10)15-6-7-16(25)23-22-15)18(27)21-13-8-11(17(26)19-2)4-5-14(13)28-3/h4-9H,1-3H3,(H,19,26)(H,21,27)(H,23,25). The first-order valence-electron chi connectivity index (χ1n) is 8.26. The summed E-state index contributed by atoms with van der Waals surface area (Å²) in [5.41, 5.74) is 1.22. The van der Waals surface area contributed by atoms with E-state index in [-0.39, 0.29) is 11.5 Å². The third-order valence-electron chi connectivity index (χ3n) is 4.07. The van der Waals surface area contributed by atoms with Crippen molar-refractivity contribution in [2.24, 2.45) is 0 Å². The number of hydrogen-bond acceptors (Lipinski definition) is 6. The van der Waals surface area contributed by atoms with Gasteiger partial charge in [0.2, 0.25) is 0 Å². The molecule has 3 aromatic rings. The summed E-state index contributed by atoms with van der Waals surface area (Å²) < 4.78 is 6.69. The van der Waals surface area contributed by atoms with Gasteiger partial charge >= 0.3 is 0 Å². The maximum atomic E-state index is 12.8. The Morgan fingerprint density at radius 1 is 1.18 bits per heavy atom. The Morgan fingerprint density at radius 2 is 1.96 bits per heavy atom. The van der Waals surface area contributed by atoms with E-state index in [1.165, 1.54) is 43.2 Å². The topological polar surface area (TPSA) is 131 Å². The highest BCUT2D eigenvalue weighted by molar-refractivity contribution is 6.06. The first-order chi connectivity index (χ1) is 13.4. The van der Waals surface area contributed by atoms with Crippen LogP contribution in [0, 0.1) is 6.92 Å². The molecule has 0 radical (unpaired) electrons. The molecule has 144 valence electrons. The van der Waals surface area contributed by atoms with Crippen molar-refractivity contribution in [3.63, 3.8) is 0 Å². The Labute approximate surface area is 159 Å². The van der Waals surface area contributed by atoms with Crippen LogP contribution in [-0.2, 0) is 0 Å². The Kier molecular flexibility index (Phi) is 5.21. The number of ether oxygens (including phenoxy) is 1. The molecule has 0 spiro atoms. The summed E-state index contributed by atoms with van der Waals surface area (Å²) in [6.45, 7) is 1.70. The molecule has 0 unspecified atom stereocenters. The van der Waals surface area contributed by atoms with Crippen LogP contribution in [0.5, 0.6) is 5.75 Å². The molecule has 28 heavy (non-hydrogen) atoms. The summed E-state index contributed by atoms with van der Waals surface area (Å²) in [6.07, 6.45) is 1.40. The molecule has 3 N–H and O–H groups in total. The van der Waals surface area contributed by atoms with Gasteiger partial charge in [0.05, 0.1) is 30.3 Å². The second-order valence-electron chi connectivity index (χ2n) is 5.78. The third kappa shape index (κ3) is 3.61. The van der Waals surface area contributed by atoms with Crippen molar-refractivity contribution in [2.75, 3.05) is 19.5 Å². The molecule has 0 atom stereocenters. The number of benzene rings is 1. The number of nitrogens with zero attached hydrogens (tertiary/aromatic N) is 3. The van der Waals surface area contributed by atoms with Gasteiger partial charge in [-0.3, -0.25) is 14.4 Å². The van der Waals surface area contributed by atoms with Gasteiger partial charge in [0, 0.05) is 18.7 Å². The number of hydrogen-bond donors (Lipinski definition) is 3. The van der Waals surface area contributed by atoms with Crippen molar-refractivity contribution in [3.05, 3.63) is 63.7 Å². The summed E-state index contributed by atoms with van der Waals surface area (Å²) in [4.78, 5) is 35.8. The van der Waals surface area contributed by atoms with Gasteiger partial charge in [0.25, 0.3) is 17.4 Å². The summed E-state index contributed by atoms with van der Waals surface area (Å²) in [5.74, 6) is 0.0653. The fourth-order valence-electron chi connectivity index (χ4n) is 2.60. The lowest BCUT2D eigenvalue weighted by Gasteiger charge is -2.12. The molecule has 0 bridgehead atoms. The van der Waals surface area contributed by atoms with Crippen molar-refractivity contribution in [1.29, 1.82) is 0 Å². The molecule has 2 aromatic heterocycles. The number of anilines is 1. The van der Waals surface area contributed by atoms with Crippen LogP contribution in [0.1, 0.15) is 26.4 Å². The molecule has 3 rings (SSSR count). The Bertz CT molecular complexity index is 1080. The number of methoxy groups -OCH3 is 1. The van der Waals surface area contributed by atoms with E-state index in [2.05, 4.69) is 25.9 Å². The van der Waals surface area contributed by atoms with Crippen molar-refractivity contribution in [3.8, 4) is 11.6 Å². The van der Waals surface area contributed by atoms with Gasteiger partial charge in [-0.2, -0.15) is 10.2 Å². The molecule has 10 nitrogen and oxygen atoms in total. The molecule has 2 amide bonds. The summed E-state index contributed by atoms with van der Waals surface area (Å²) in [6, 6.07) is 7.53. The van der Waals surface area contributed by atoms with Crippen molar-refractivity contribution in [1.82, 2.24) is 25.3 Å². The van der Waals surface area contributed by atoms with Gasteiger partial charge in [-0.05, 0) is 31.2 Å². The summed E-state index contributed by atoms with van der Waals surface area (Å²) in [7, 11) is 2.99.